The third-order valence-electron chi connectivity index (χ3n) is 2.01. The SMILES string of the molecule is CCC(C)Nc1nccc(C#N)c1Cl. The van der Waals surface area contributed by atoms with Gasteiger partial charge in [-0.3, -0.25) is 0 Å². The highest BCUT2D eigenvalue weighted by molar-refractivity contribution is 6.34. The number of rotatable bonds is 3. The molecule has 0 spiro atoms. The summed E-state index contributed by atoms with van der Waals surface area (Å²) in [7, 11) is 0. The minimum atomic E-state index is 0.300. The van der Waals surface area contributed by atoms with Crippen LogP contribution in [-0.2, 0) is 0 Å². The first-order chi connectivity index (χ1) is 6.69. The van der Waals surface area contributed by atoms with Crippen molar-refractivity contribution in [1.29, 1.82) is 5.26 Å². The van der Waals surface area contributed by atoms with Gasteiger partial charge in [0.15, 0.2) is 0 Å². The maximum Gasteiger partial charge on any atom is 0.146 e. The van der Waals surface area contributed by atoms with Crippen LogP contribution in [0, 0.1) is 11.3 Å². The van der Waals surface area contributed by atoms with Gasteiger partial charge in [0, 0.05) is 12.2 Å². The van der Waals surface area contributed by atoms with Gasteiger partial charge in [0.25, 0.3) is 0 Å². The Kier molecular flexibility index (Phi) is 3.73. The fraction of sp³-hybridized carbons (Fsp3) is 0.400. The summed E-state index contributed by atoms with van der Waals surface area (Å²) in [5, 5.41) is 12.3. The van der Waals surface area contributed by atoms with Crippen LogP contribution >= 0.6 is 11.6 Å². The van der Waals surface area contributed by atoms with Crippen molar-refractivity contribution >= 4 is 17.4 Å². The van der Waals surface area contributed by atoms with E-state index in [9.17, 15) is 0 Å². The molecule has 0 saturated carbocycles. The molecule has 1 heterocycles. The molecule has 0 aromatic carbocycles. The Morgan fingerprint density at radius 1 is 1.71 bits per heavy atom. The Hall–Kier alpha value is -1.27. The Bertz CT molecular complexity index is 357. The van der Waals surface area contributed by atoms with Crippen molar-refractivity contribution in [3.05, 3.63) is 22.8 Å². The molecule has 1 aromatic heterocycles. The molecule has 14 heavy (non-hydrogen) atoms. The third kappa shape index (κ3) is 2.36. The van der Waals surface area contributed by atoms with Crippen molar-refractivity contribution in [2.45, 2.75) is 26.3 Å². The Labute approximate surface area is 88.7 Å². The molecule has 0 radical (unpaired) electrons. The van der Waals surface area contributed by atoms with Crippen molar-refractivity contribution in [2.75, 3.05) is 5.32 Å². The molecule has 0 amide bonds. The van der Waals surface area contributed by atoms with Gasteiger partial charge in [-0.15, -0.1) is 0 Å². The van der Waals surface area contributed by atoms with E-state index in [1.54, 1.807) is 12.3 Å². The lowest BCUT2D eigenvalue weighted by atomic mass is 10.2. The lowest BCUT2D eigenvalue weighted by Crippen LogP contribution is -2.14. The summed E-state index contributed by atoms with van der Waals surface area (Å²) in [6.07, 6.45) is 2.56. The monoisotopic (exact) mass is 209 g/mol. The van der Waals surface area contributed by atoms with E-state index in [1.807, 2.05) is 13.0 Å². The number of pyridine rings is 1. The molecule has 0 fully saturated rings. The van der Waals surface area contributed by atoms with Gasteiger partial charge in [0.1, 0.15) is 16.9 Å². The van der Waals surface area contributed by atoms with Crippen molar-refractivity contribution < 1.29 is 0 Å². The van der Waals surface area contributed by atoms with Gasteiger partial charge in [0.2, 0.25) is 0 Å². The summed E-state index contributed by atoms with van der Waals surface area (Å²) >= 11 is 5.96. The highest BCUT2D eigenvalue weighted by Gasteiger charge is 2.08. The molecule has 0 saturated heterocycles. The van der Waals surface area contributed by atoms with Gasteiger partial charge in [-0.2, -0.15) is 5.26 Å². The number of hydrogen-bond acceptors (Lipinski definition) is 3. The van der Waals surface area contributed by atoms with Crippen molar-refractivity contribution in [3.63, 3.8) is 0 Å². The predicted octanol–water partition coefficient (Wildman–Crippen LogP) is 2.82. The lowest BCUT2D eigenvalue weighted by molar-refractivity contribution is 0.759. The maximum atomic E-state index is 8.74. The standard InChI is InChI=1S/C10H12ClN3/c1-3-7(2)14-10-9(11)8(6-12)4-5-13-10/h4-5,7H,3H2,1-2H3,(H,13,14). The number of nitriles is 1. The fourth-order valence-electron chi connectivity index (χ4n) is 0.966. The third-order valence-corrected chi connectivity index (χ3v) is 2.39. The Morgan fingerprint density at radius 3 is 3.00 bits per heavy atom. The first kappa shape index (κ1) is 10.8. The Balaban J connectivity index is 2.94. The second kappa shape index (κ2) is 4.83. The quantitative estimate of drug-likeness (QED) is 0.833. The van der Waals surface area contributed by atoms with Gasteiger partial charge >= 0.3 is 0 Å². The van der Waals surface area contributed by atoms with Gasteiger partial charge in [-0.1, -0.05) is 18.5 Å². The molecule has 3 nitrogen and oxygen atoms in total. The van der Waals surface area contributed by atoms with E-state index in [-0.39, 0.29) is 0 Å². The Morgan fingerprint density at radius 2 is 2.43 bits per heavy atom. The largest absolute Gasteiger partial charge is 0.366 e. The summed E-state index contributed by atoms with van der Waals surface area (Å²) < 4.78 is 0. The maximum absolute atomic E-state index is 8.74. The van der Waals surface area contributed by atoms with Crippen LogP contribution in [0.1, 0.15) is 25.8 Å². The molecule has 0 aliphatic rings. The molecule has 1 N–H and O–H groups in total. The van der Waals surface area contributed by atoms with Crippen LogP contribution in [0.15, 0.2) is 12.3 Å². The number of hydrogen-bond donors (Lipinski definition) is 1. The van der Waals surface area contributed by atoms with Gasteiger partial charge in [-0.05, 0) is 19.4 Å². The van der Waals surface area contributed by atoms with Crippen LogP contribution in [0.4, 0.5) is 5.82 Å². The van der Waals surface area contributed by atoms with E-state index in [0.29, 0.717) is 22.4 Å². The van der Waals surface area contributed by atoms with Crippen LogP contribution in [0.25, 0.3) is 0 Å². The molecule has 1 aromatic rings. The van der Waals surface area contributed by atoms with Crippen molar-refractivity contribution in [2.24, 2.45) is 0 Å². The van der Waals surface area contributed by atoms with Crippen LogP contribution in [0.3, 0.4) is 0 Å². The van der Waals surface area contributed by atoms with Crippen molar-refractivity contribution in [3.8, 4) is 6.07 Å². The molecule has 0 aliphatic carbocycles. The first-order valence-corrected chi connectivity index (χ1v) is 4.88. The van der Waals surface area contributed by atoms with Gasteiger partial charge in [-0.25, -0.2) is 4.98 Å². The molecule has 0 bridgehead atoms. The van der Waals surface area contributed by atoms with E-state index >= 15 is 0 Å². The fourth-order valence-corrected chi connectivity index (χ4v) is 1.17. The minimum absolute atomic E-state index is 0.300. The highest BCUT2D eigenvalue weighted by Crippen LogP contribution is 2.23. The van der Waals surface area contributed by atoms with Crippen LogP contribution in [0.2, 0.25) is 5.02 Å². The van der Waals surface area contributed by atoms with Crippen LogP contribution in [-0.4, -0.2) is 11.0 Å². The minimum Gasteiger partial charge on any atom is -0.366 e. The zero-order valence-electron chi connectivity index (χ0n) is 8.21. The second-order valence-electron chi connectivity index (χ2n) is 3.09. The molecule has 0 aliphatic heterocycles. The van der Waals surface area contributed by atoms with Crippen molar-refractivity contribution in [1.82, 2.24) is 4.98 Å². The van der Waals surface area contributed by atoms with Crippen LogP contribution in [0.5, 0.6) is 0 Å². The topological polar surface area (TPSA) is 48.7 Å². The summed E-state index contributed by atoms with van der Waals surface area (Å²) in [5.41, 5.74) is 0.451. The molecule has 1 atom stereocenters. The number of halogens is 1. The number of anilines is 1. The molecular formula is C10H12ClN3. The summed E-state index contributed by atoms with van der Waals surface area (Å²) in [4.78, 5) is 4.08. The van der Waals surface area contributed by atoms with E-state index < -0.39 is 0 Å². The molecule has 1 unspecified atom stereocenters. The van der Waals surface area contributed by atoms with E-state index in [2.05, 4.69) is 17.2 Å². The first-order valence-electron chi connectivity index (χ1n) is 4.50. The zero-order chi connectivity index (χ0) is 10.6. The average molecular weight is 210 g/mol. The summed E-state index contributed by atoms with van der Waals surface area (Å²) in [5.74, 6) is 0.583. The summed E-state index contributed by atoms with van der Waals surface area (Å²) in [6, 6.07) is 3.92. The highest BCUT2D eigenvalue weighted by atomic mass is 35.5. The molecule has 4 heteroatoms. The van der Waals surface area contributed by atoms with E-state index in [0.717, 1.165) is 6.42 Å². The van der Waals surface area contributed by atoms with E-state index in [1.165, 1.54) is 0 Å². The molecule has 74 valence electrons. The lowest BCUT2D eigenvalue weighted by Gasteiger charge is -2.13. The smallest absolute Gasteiger partial charge is 0.146 e. The normalized spacial score (nSPS) is 11.9. The van der Waals surface area contributed by atoms with Gasteiger partial charge in [0.05, 0.1) is 5.56 Å². The number of nitrogens with zero attached hydrogens (tertiary/aromatic N) is 2. The molecule has 1 rings (SSSR count). The average Bonchev–Trinajstić information content (AvgIpc) is 2.21. The second-order valence-corrected chi connectivity index (χ2v) is 3.46. The summed E-state index contributed by atoms with van der Waals surface area (Å²) in [6.45, 7) is 4.11. The molecular weight excluding hydrogens is 198 g/mol. The predicted molar refractivity (Wildman–Crippen MR) is 57.3 cm³/mol. The number of aromatic nitrogens is 1. The number of nitrogens with one attached hydrogen (secondary N) is 1. The van der Waals surface area contributed by atoms with E-state index in [4.69, 9.17) is 16.9 Å². The van der Waals surface area contributed by atoms with Gasteiger partial charge < -0.3 is 5.32 Å². The zero-order valence-corrected chi connectivity index (χ0v) is 8.97. The van der Waals surface area contributed by atoms with Crippen LogP contribution < -0.4 is 5.32 Å².